The lowest BCUT2D eigenvalue weighted by atomic mass is 10.2. The second-order valence-electron chi connectivity index (χ2n) is 5.12. The van der Waals surface area contributed by atoms with E-state index >= 15 is 0 Å². The monoisotopic (exact) mass is 284 g/mol. The first-order chi connectivity index (χ1) is 9.90. The highest BCUT2D eigenvalue weighted by atomic mass is 32.1. The van der Waals surface area contributed by atoms with Crippen molar-refractivity contribution >= 4 is 23.5 Å². The third-order valence-electron chi connectivity index (χ3n) is 3.53. The molecular weight excluding hydrogens is 264 g/mol. The zero-order valence-corrected chi connectivity index (χ0v) is 12.4. The molecule has 0 unspecified atom stereocenters. The maximum Gasteiger partial charge on any atom is 0.0329 e. The van der Waals surface area contributed by atoms with E-state index in [0.29, 0.717) is 0 Å². The van der Waals surface area contributed by atoms with Crippen molar-refractivity contribution in [3.05, 3.63) is 57.8 Å². The first-order valence-corrected chi connectivity index (χ1v) is 8.02. The summed E-state index contributed by atoms with van der Waals surface area (Å²) in [6, 6.07) is 12.8. The van der Waals surface area contributed by atoms with Gasteiger partial charge in [0.2, 0.25) is 0 Å². The molecule has 0 bridgehead atoms. The Bertz CT molecular complexity index is 553. The minimum Gasteiger partial charge on any atom is -0.314 e. The highest BCUT2D eigenvalue weighted by molar-refractivity contribution is 7.10. The van der Waals surface area contributed by atoms with Crippen molar-refractivity contribution < 1.29 is 0 Å². The molecule has 20 heavy (non-hydrogen) atoms. The summed E-state index contributed by atoms with van der Waals surface area (Å²) in [6.45, 7) is 5.64. The molecule has 1 aromatic heterocycles. The average molecular weight is 284 g/mol. The predicted octanol–water partition coefficient (Wildman–Crippen LogP) is 3.32. The molecule has 0 aliphatic carbocycles. The molecule has 3 heteroatoms. The largest absolute Gasteiger partial charge is 0.314 e. The van der Waals surface area contributed by atoms with Gasteiger partial charge in [0.25, 0.3) is 0 Å². The highest BCUT2D eigenvalue weighted by Crippen LogP contribution is 2.19. The van der Waals surface area contributed by atoms with Crippen LogP contribution in [0.25, 0.3) is 12.2 Å². The number of nitrogens with one attached hydrogen (secondary N) is 1. The maximum absolute atomic E-state index is 3.39. The lowest BCUT2D eigenvalue weighted by Gasteiger charge is -2.26. The molecule has 1 aliphatic heterocycles. The van der Waals surface area contributed by atoms with E-state index in [4.69, 9.17) is 0 Å². The molecule has 1 saturated heterocycles. The average Bonchev–Trinajstić information content (AvgIpc) is 2.95. The van der Waals surface area contributed by atoms with Crippen molar-refractivity contribution in [3.63, 3.8) is 0 Å². The molecule has 0 saturated carbocycles. The molecule has 0 spiro atoms. The van der Waals surface area contributed by atoms with Crippen LogP contribution in [0.5, 0.6) is 0 Å². The van der Waals surface area contributed by atoms with Gasteiger partial charge < -0.3 is 5.32 Å². The van der Waals surface area contributed by atoms with Gasteiger partial charge >= 0.3 is 0 Å². The molecule has 1 aliphatic rings. The van der Waals surface area contributed by atoms with Gasteiger partial charge in [-0.2, -0.15) is 0 Å². The number of piperazine rings is 1. The summed E-state index contributed by atoms with van der Waals surface area (Å²) >= 11 is 1.87. The van der Waals surface area contributed by atoms with Gasteiger partial charge in [-0.15, -0.1) is 11.3 Å². The lowest BCUT2D eigenvalue weighted by molar-refractivity contribution is 0.235. The lowest BCUT2D eigenvalue weighted by Crippen LogP contribution is -2.42. The van der Waals surface area contributed by atoms with Crippen molar-refractivity contribution in [1.29, 1.82) is 0 Å². The Kier molecular flexibility index (Phi) is 4.64. The van der Waals surface area contributed by atoms with E-state index in [2.05, 4.69) is 58.1 Å². The molecule has 0 radical (unpaired) electrons. The molecule has 2 aromatic rings. The van der Waals surface area contributed by atoms with Crippen LogP contribution in [-0.2, 0) is 6.54 Å². The van der Waals surface area contributed by atoms with Gasteiger partial charge in [0.05, 0.1) is 0 Å². The molecule has 1 fully saturated rings. The van der Waals surface area contributed by atoms with E-state index in [1.54, 1.807) is 0 Å². The first kappa shape index (κ1) is 13.6. The fraction of sp³-hybridized carbons (Fsp3) is 0.294. The molecule has 2 nitrogen and oxygen atoms in total. The second-order valence-corrected chi connectivity index (χ2v) is 6.11. The number of rotatable bonds is 4. The van der Waals surface area contributed by atoms with Crippen LogP contribution >= 0.6 is 11.3 Å². The van der Waals surface area contributed by atoms with Crippen LogP contribution in [0.1, 0.15) is 16.0 Å². The topological polar surface area (TPSA) is 15.3 Å². The van der Waals surface area contributed by atoms with E-state index in [1.165, 1.54) is 16.0 Å². The van der Waals surface area contributed by atoms with E-state index < -0.39 is 0 Å². The number of thiophene rings is 1. The Morgan fingerprint density at radius 3 is 2.60 bits per heavy atom. The number of hydrogen-bond acceptors (Lipinski definition) is 3. The summed E-state index contributed by atoms with van der Waals surface area (Å²) in [6.07, 6.45) is 4.38. The first-order valence-electron chi connectivity index (χ1n) is 7.14. The maximum atomic E-state index is 3.39. The molecule has 0 amide bonds. The number of hydrogen-bond donors (Lipinski definition) is 1. The molecule has 104 valence electrons. The summed E-state index contributed by atoms with van der Waals surface area (Å²) in [5, 5.41) is 5.64. The number of benzene rings is 1. The van der Waals surface area contributed by atoms with Crippen LogP contribution < -0.4 is 5.32 Å². The van der Waals surface area contributed by atoms with E-state index in [-0.39, 0.29) is 0 Å². The summed E-state index contributed by atoms with van der Waals surface area (Å²) in [5.74, 6) is 0. The van der Waals surface area contributed by atoms with Crippen LogP contribution in [0, 0.1) is 0 Å². The van der Waals surface area contributed by atoms with Crippen molar-refractivity contribution in [2.75, 3.05) is 26.2 Å². The smallest absolute Gasteiger partial charge is 0.0329 e. The summed E-state index contributed by atoms with van der Waals surface area (Å²) in [7, 11) is 0. The molecular formula is C17H20N2S. The Morgan fingerprint density at radius 1 is 1.05 bits per heavy atom. The van der Waals surface area contributed by atoms with E-state index in [1.807, 2.05) is 17.4 Å². The fourth-order valence-electron chi connectivity index (χ4n) is 2.41. The quantitative estimate of drug-likeness (QED) is 0.926. The van der Waals surface area contributed by atoms with Gasteiger partial charge in [-0.3, -0.25) is 4.90 Å². The van der Waals surface area contributed by atoms with Gasteiger partial charge in [-0.25, -0.2) is 0 Å². The Hall–Kier alpha value is -1.42. The predicted molar refractivity (Wildman–Crippen MR) is 87.8 cm³/mol. The van der Waals surface area contributed by atoms with Crippen LogP contribution in [0.4, 0.5) is 0 Å². The zero-order chi connectivity index (χ0) is 13.6. The molecule has 2 heterocycles. The molecule has 3 rings (SSSR count). The minimum absolute atomic E-state index is 1.09. The van der Waals surface area contributed by atoms with Crippen molar-refractivity contribution in [2.24, 2.45) is 0 Å². The van der Waals surface area contributed by atoms with Gasteiger partial charge in [0, 0.05) is 37.6 Å². The SMILES string of the molecule is C(=C\c1csc(CN2CCNCC2)c1)/c1ccccc1. The fourth-order valence-corrected chi connectivity index (χ4v) is 3.31. The van der Waals surface area contributed by atoms with E-state index in [9.17, 15) is 0 Å². The molecule has 1 aromatic carbocycles. The molecule has 0 atom stereocenters. The van der Waals surface area contributed by atoms with Gasteiger partial charge in [0.15, 0.2) is 0 Å². The van der Waals surface area contributed by atoms with Crippen LogP contribution in [-0.4, -0.2) is 31.1 Å². The van der Waals surface area contributed by atoms with Crippen molar-refractivity contribution in [3.8, 4) is 0 Å². The number of nitrogens with zero attached hydrogens (tertiary/aromatic N) is 1. The Morgan fingerprint density at radius 2 is 1.80 bits per heavy atom. The normalized spacial score (nSPS) is 16.8. The highest BCUT2D eigenvalue weighted by Gasteiger charge is 2.10. The van der Waals surface area contributed by atoms with Crippen molar-refractivity contribution in [1.82, 2.24) is 10.2 Å². The molecule has 1 N–H and O–H groups in total. The summed E-state index contributed by atoms with van der Waals surface area (Å²) in [4.78, 5) is 3.98. The summed E-state index contributed by atoms with van der Waals surface area (Å²) in [5.41, 5.74) is 2.56. The van der Waals surface area contributed by atoms with Crippen LogP contribution in [0.15, 0.2) is 41.8 Å². The second kappa shape index (κ2) is 6.84. The Balaban J connectivity index is 1.60. The van der Waals surface area contributed by atoms with Crippen molar-refractivity contribution in [2.45, 2.75) is 6.54 Å². The van der Waals surface area contributed by atoms with Crippen LogP contribution in [0.2, 0.25) is 0 Å². The van der Waals surface area contributed by atoms with Crippen LogP contribution in [0.3, 0.4) is 0 Å². The third kappa shape index (κ3) is 3.79. The standard InChI is InChI=1S/C17H20N2S/c1-2-4-15(5-3-1)6-7-16-12-17(20-14-16)13-19-10-8-18-9-11-19/h1-7,12,14,18H,8-11,13H2/b7-6+. The van der Waals surface area contributed by atoms with Gasteiger partial charge in [-0.1, -0.05) is 42.5 Å². The third-order valence-corrected chi connectivity index (χ3v) is 4.47. The summed E-state index contributed by atoms with van der Waals surface area (Å²) < 4.78 is 0. The van der Waals surface area contributed by atoms with E-state index in [0.717, 1.165) is 32.7 Å². The Labute approximate surface area is 124 Å². The minimum atomic E-state index is 1.09. The zero-order valence-electron chi connectivity index (χ0n) is 11.6. The van der Waals surface area contributed by atoms with Gasteiger partial charge in [-0.05, 0) is 22.6 Å². The van der Waals surface area contributed by atoms with Gasteiger partial charge in [0.1, 0.15) is 0 Å².